The standard InChI is InChI=1S/C9H18BNO2/c1-4-8-6-9(12)5-7(2)11(8)10(3)13/h7-8,13H,4-6H2,1-3H3. The molecule has 2 atom stereocenters. The van der Waals surface area contributed by atoms with Crippen molar-refractivity contribution in [2.75, 3.05) is 0 Å². The van der Waals surface area contributed by atoms with Gasteiger partial charge in [0.05, 0.1) is 0 Å². The number of carbonyl (C=O) groups excluding carboxylic acids is 1. The van der Waals surface area contributed by atoms with Crippen LogP contribution in [0.1, 0.15) is 33.1 Å². The Kier molecular flexibility index (Phi) is 3.51. The van der Waals surface area contributed by atoms with E-state index in [0.29, 0.717) is 18.6 Å². The lowest BCUT2D eigenvalue weighted by molar-refractivity contribution is -0.123. The smallest absolute Gasteiger partial charge is 0.376 e. The minimum absolute atomic E-state index is 0.186. The van der Waals surface area contributed by atoms with Crippen LogP contribution in [0.25, 0.3) is 0 Å². The molecule has 0 spiro atoms. The molecule has 1 saturated heterocycles. The average Bonchev–Trinajstić information content (AvgIpc) is 2.01. The molecule has 3 nitrogen and oxygen atoms in total. The molecule has 0 amide bonds. The van der Waals surface area contributed by atoms with Crippen LogP contribution < -0.4 is 0 Å². The first-order valence-corrected chi connectivity index (χ1v) is 5.03. The number of Topliss-reactive ketones (excluding diaryl/α,β-unsaturated/α-hetero) is 1. The number of hydrogen-bond acceptors (Lipinski definition) is 3. The second kappa shape index (κ2) is 4.25. The Morgan fingerprint density at radius 3 is 2.69 bits per heavy atom. The largest absolute Gasteiger partial charge is 0.437 e. The molecule has 0 aromatic rings. The Bertz CT molecular complexity index is 196. The molecule has 1 heterocycles. The molecule has 1 aliphatic heterocycles. The highest BCUT2D eigenvalue weighted by molar-refractivity contribution is 6.45. The van der Waals surface area contributed by atoms with Gasteiger partial charge in [0, 0.05) is 24.9 Å². The fraction of sp³-hybridized carbons (Fsp3) is 0.889. The van der Waals surface area contributed by atoms with Gasteiger partial charge in [-0.15, -0.1) is 0 Å². The quantitative estimate of drug-likeness (QED) is 0.647. The number of nitrogens with zero attached hydrogens (tertiary/aromatic N) is 1. The van der Waals surface area contributed by atoms with Crippen molar-refractivity contribution in [3.05, 3.63) is 0 Å². The van der Waals surface area contributed by atoms with Crippen molar-refractivity contribution in [3.63, 3.8) is 0 Å². The molecule has 13 heavy (non-hydrogen) atoms. The van der Waals surface area contributed by atoms with Crippen LogP contribution in [0.3, 0.4) is 0 Å². The van der Waals surface area contributed by atoms with Gasteiger partial charge in [0.15, 0.2) is 0 Å². The number of piperidine rings is 1. The SMILES string of the molecule is CCC1CC(=O)CC(C)N1B(C)O. The lowest BCUT2D eigenvalue weighted by atomic mass is 9.76. The van der Waals surface area contributed by atoms with Gasteiger partial charge in [-0.3, -0.25) is 4.79 Å². The molecule has 0 radical (unpaired) electrons. The Morgan fingerprint density at radius 2 is 2.23 bits per heavy atom. The molecule has 0 bridgehead atoms. The lowest BCUT2D eigenvalue weighted by Gasteiger charge is -2.40. The van der Waals surface area contributed by atoms with Gasteiger partial charge in [0.25, 0.3) is 0 Å². The second-order valence-electron chi connectivity index (χ2n) is 3.94. The summed E-state index contributed by atoms with van der Waals surface area (Å²) in [4.78, 5) is 13.3. The molecule has 1 N–H and O–H groups in total. The Hall–Kier alpha value is -0.345. The molecule has 1 fully saturated rings. The van der Waals surface area contributed by atoms with Gasteiger partial charge in [0.1, 0.15) is 5.78 Å². The van der Waals surface area contributed by atoms with Crippen LogP contribution in [0.5, 0.6) is 0 Å². The summed E-state index contributed by atoms with van der Waals surface area (Å²) in [6.07, 6.45) is 2.12. The maximum absolute atomic E-state index is 11.3. The van der Waals surface area contributed by atoms with Crippen LogP contribution in [0.4, 0.5) is 0 Å². The molecule has 1 aliphatic rings. The van der Waals surface area contributed by atoms with Crippen LogP contribution in [-0.2, 0) is 4.79 Å². The maximum Gasteiger partial charge on any atom is 0.376 e. The third-order valence-corrected chi connectivity index (χ3v) is 2.82. The predicted molar refractivity (Wildman–Crippen MR) is 53.5 cm³/mol. The highest BCUT2D eigenvalue weighted by Gasteiger charge is 2.35. The Labute approximate surface area is 80.2 Å². The maximum atomic E-state index is 11.3. The van der Waals surface area contributed by atoms with E-state index in [1.165, 1.54) is 0 Å². The molecule has 2 unspecified atom stereocenters. The van der Waals surface area contributed by atoms with Crippen molar-refractivity contribution in [2.24, 2.45) is 0 Å². The fourth-order valence-electron chi connectivity index (χ4n) is 2.27. The van der Waals surface area contributed by atoms with Crippen LogP contribution >= 0.6 is 0 Å². The van der Waals surface area contributed by atoms with Gasteiger partial charge in [-0.1, -0.05) is 13.8 Å². The van der Waals surface area contributed by atoms with E-state index in [0.717, 1.165) is 6.42 Å². The minimum Gasteiger partial charge on any atom is -0.437 e. The number of carbonyl (C=O) groups is 1. The number of rotatable bonds is 2. The van der Waals surface area contributed by atoms with E-state index in [-0.39, 0.29) is 12.1 Å². The van der Waals surface area contributed by atoms with Crippen LogP contribution in [-0.4, -0.2) is 34.8 Å². The molecule has 0 aliphatic carbocycles. The van der Waals surface area contributed by atoms with E-state index in [1.54, 1.807) is 6.82 Å². The first-order valence-electron chi connectivity index (χ1n) is 5.03. The molecule has 0 aromatic heterocycles. The van der Waals surface area contributed by atoms with Crippen molar-refractivity contribution in [3.8, 4) is 0 Å². The summed E-state index contributed by atoms with van der Waals surface area (Å²) in [6, 6.07) is 0.419. The molecule has 0 saturated carbocycles. The van der Waals surface area contributed by atoms with Crippen molar-refractivity contribution >= 4 is 12.8 Å². The summed E-state index contributed by atoms with van der Waals surface area (Å²) >= 11 is 0. The predicted octanol–water partition coefficient (Wildman–Crippen LogP) is 0.929. The molecule has 0 aromatic carbocycles. The molecular formula is C9H18BNO2. The fourth-order valence-corrected chi connectivity index (χ4v) is 2.27. The Balaban J connectivity index is 2.71. The monoisotopic (exact) mass is 183 g/mol. The van der Waals surface area contributed by atoms with Gasteiger partial charge in [-0.25, -0.2) is 0 Å². The van der Waals surface area contributed by atoms with E-state index >= 15 is 0 Å². The van der Waals surface area contributed by atoms with E-state index in [2.05, 4.69) is 6.92 Å². The number of ketones is 1. The molecule has 1 rings (SSSR count). The van der Waals surface area contributed by atoms with Crippen molar-refractivity contribution in [1.29, 1.82) is 0 Å². The van der Waals surface area contributed by atoms with Crippen molar-refractivity contribution < 1.29 is 9.82 Å². The van der Waals surface area contributed by atoms with Crippen molar-refractivity contribution in [2.45, 2.75) is 52.0 Å². The third-order valence-electron chi connectivity index (χ3n) is 2.82. The van der Waals surface area contributed by atoms with Gasteiger partial charge >= 0.3 is 7.05 Å². The zero-order valence-electron chi connectivity index (χ0n) is 8.66. The van der Waals surface area contributed by atoms with Gasteiger partial charge in [-0.2, -0.15) is 0 Å². The number of hydrogen-bond donors (Lipinski definition) is 1. The summed E-state index contributed by atoms with van der Waals surface area (Å²) in [5.41, 5.74) is 0. The topological polar surface area (TPSA) is 40.5 Å². The van der Waals surface area contributed by atoms with Crippen molar-refractivity contribution in [1.82, 2.24) is 4.81 Å². The van der Waals surface area contributed by atoms with E-state index in [9.17, 15) is 9.82 Å². The highest BCUT2D eigenvalue weighted by atomic mass is 16.2. The average molecular weight is 183 g/mol. The molecule has 74 valence electrons. The second-order valence-corrected chi connectivity index (χ2v) is 3.94. The molecular weight excluding hydrogens is 165 g/mol. The summed E-state index contributed by atoms with van der Waals surface area (Å²) in [5, 5.41) is 9.55. The summed E-state index contributed by atoms with van der Waals surface area (Å²) in [6.45, 7) is 5.84. The first-order chi connectivity index (χ1) is 6.06. The zero-order valence-corrected chi connectivity index (χ0v) is 8.66. The van der Waals surface area contributed by atoms with E-state index in [4.69, 9.17) is 0 Å². The summed E-state index contributed by atoms with van der Waals surface area (Å²) in [5.74, 6) is 0.330. The normalized spacial score (nSPS) is 30.6. The minimum atomic E-state index is -0.437. The van der Waals surface area contributed by atoms with Crippen LogP contribution in [0.15, 0.2) is 0 Å². The lowest BCUT2D eigenvalue weighted by Crippen LogP contribution is -2.54. The molecule has 4 heteroatoms. The van der Waals surface area contributed by atoms with E-state index < -0.39 is 7.05 Å². The summed E-state index contributed by atoms with van der Waals surface area (Å²) < 4.78 is 0. The Morgan fingerprint density at radius 1 is 1.62 bits per heavy atom. The van der Waals surface area contributed by atoms with Gasteiger partial charge in [0.2, 0.25) is 0 Å². The van der Waals surface area contributed by atoms with Gasteiger partial charge < -0.3 is 9.83 Å². The summed E-state index contributed by atoms with van der Waals surface area (Å²) in [7, 11) is -0.437. The van der Waals surface area contributed by atoms with Gasteiger partial charge in [-0.05, 0) is 13.2 Å². The van der Waals surface area contributed by atoms with E-state index in [1.807, 2.05) is 11.7 Å². The third kappa shape index (κ3) is 2.32. The van der Waals surface area contributed by atoms with Crippen LogP contribution in [0, 0.1) is 0 Å². The highest BCUT2D eigenvalue weighted by Crippen LogP contribution is 2.22. The zero-order chi connectivity index (χ0) is 10.0. The van der Waals surface area contributed by atoms with Crippen LogP contribution in [0.2, 0.25) is 6.82 Å². The first kappa shape index (κ1) is 10.7.